The van der Waals surface area contributed by atoms with E-state index in [9.17, 15) is 9.59 Å². The number of morpholine rings is 1. The summed E-state index contributed by atoms with van der Waals surface area (Å²) in [6.45, 7) is 10.5. The van der Waals surface area contributed by atoms with Crippen molar-refractivity contribution in [3.8, 4) is 11.4 Å². The molecule has 1 aliphatic heterocycles. The number of amides is 1. The molecule has 41 heavy (non-hydrogen) atoms. The van der Waals surface area contributed by atoms with Gasteiger partial charge in [0, 0.05) is 46.1 Å². The summed E-state index contributed by atoms with van der Waals surface area (Å²) in [4.78, 5) is 32.4. The Morgan fingerprint density at radius 2 is 1.88 bits per heavy atom. The summed E-state index contributed by atoms with van der Waals surface area (Å²) >= 11 is 3.46. The van der Waals surface area contributed by atoms with Crippen molar-refractivity contribution < 1.29 is 14.3 Å². The summed E-state index contributed by atoms with van der Waals surface area (Å²) in [6, 6.07) is 15.2. The van der Waals surface area contributed by atoms with E-state index in [0.29, 0.717) is 48.8 Å². The fourth-order valence-electron chi connectivity index (χ4n) is 4.96. The highest BCUT2D eigenvalue weighted by Gasteiger charge is 2.18. The minimum atomic E-state index is -0.195. The zero-order chi connectivity index (χ0) is 29.1. The second-order valence-electron chi connectivity index (χ2n) is 10.2. The maximum absolute atomic E-state index is 13.5. The number of hydrogen-bond donors (Lipinski definition) is 0. The third-order valence-electron chi connectivity index (χ3n) is 7.49. The number of benzene rings is 2. The van der Waals surface area contributed by atoms with Gasteiger partial charge < -0.3 is 18.9 Å². The average molecular weight is 621 g/mol. The molecular formula is C31H34BrN5O4. The Kier molecular flexibility index (Phi) is 8.70. The lowest BCUT2D eigenvalue weighted by Gasteiger charge is -2.26. The van der Waals surface area contributed by atoms with Crippen LogP contribution in [0.1, 0.15) is 49.0 Å². The Morgan fingerprint density at radius 1 is 1.15 bits per heavy atom. The Bertz CT molecular complexity index is 1650. The molecule has 0 saturated carbocycles. The second-order valence-corrected chi connectivity index (χ2v) is 11.2. The smallest absolute Gasteiger partial charge is 0.282 e. The van der Waals surface area contributed by atoms with Crippen LogP contribution in [0.5, 0.6) is 5.75 Å². The van der Waals surface area contributed by atoms with E-state index in [1.807, 2.05) is 56.3 Å². The van der Waals surface area contributed by atoms with E-state index >= 15 is 0 Å². The van der Waals surface area contributed by atoms with Crippen molar-refractivity contribution in [3.05, 3.63) is 86.1 Å². The molecule has 0 spiro atoms. The molecule has 4 aromatic rings. The van der Waals surface area contributed by atoms with Crippen molar-refractivity contribution in [2.75, 3.05) is 32.9 Å². The highest BCUT2D eigenvalue weighted by atomic mass is 79.9. The third kappa shape index (κ3) is 6.13. The van der Waals surface area contributed by atoms with Crippen molar-refractivity contribution >= 4 is 39.0 Å². The number of hydrogen-bond acceptors (Lipinski definition) is 6. The largest absolute Gasteiger partial charge is 0.484 e. The summed E-state index contributed by atoms with van der Waals surface area (Å²) in [5, 5.41) is 5.17. The van der Waals surface area contributed by atoms with Crippen molar-refractivity contribution in [3.63, 3.8) is 0 Å². The van der Waals surface area contributed by atoms with Gasteiger partial charge in [0.05, 0.1) is 30.3 Å². The Morgan fingerprint density at radius 3 is 2.59 bits per heavy atom. The van der Waals surface area contributed by atoms with Crippen LogP contribution in [0.4, 0.5) is 0 Å². The number of carbonyl (C=O) groups is 1. The average Bonchev–Trinajstić information content (AvgIpc) is 3.28. The van der Waals surface area contributed by atoms with E-state index in [-0.39, 0.29) is 24.0 Å². The molecule has 10 heteroatoms. The van der Waals surface area contributed by atoms with Crippen molar-refractivity contribution in [1.29, 1.82) is 0 Å². The standard InChI is InChI=1S/C31H34BrN5O4/c1-5-20(2)30-34-28-11-6-24(32)17-27(28)31(39)37(30)33-18-23-16-21(3)36(22(23)4)25-7-9-26(10-8-25)41-19-29(38)35-12-14-40-15-13-35/h6-11,16-18,20H,5,12-15,19H2,1-4H3/t20-/m1/s1. The van der Waals surface area contributed by atoms with E-state index in [2.05, 4.69) is 39.4 Å². The summed E-state index contributed by atoms with van der Waals surface area (Å²) in [5.41, 5.74) is 4.33. The Labute approximate surface area is 247 Å². The first-order valence-corrected chi connectivity index (χ1v) is 14.6. The van der Waals surface area contributed by atoms with Gasteiger partial charge in [-0.15, -0.1) is 0 Å². The number of halogens is 1. The highest BCUT2D eigenvalue weighted by molar-refractivity contribution is 9.10. The molecule has 0 radical (unpaired) electrons. The molecule has 1 atom stereocenters. The van der Waals surface area contributed by atoms with Crippen LogP contribution in [-0.2, 0) is 9.53 Å². The minimum Gasteiger partial charge on any atom is -0.484 e. The number of fused-ring (bicyclic) bond motifs is 1. The molecule has 9 nitrogen and oxygen atoms in total. The predicted molar refractivity (Wildman–Crippen MR) is 164 cm³/mol. The van der Waals surface area contributed by atoms with Crippen LogP contribution in [0.2, 0.25) is 0 Å². The van der Waals surface area contributed by atoms with Crippen LogP contribution in [0.25, 0.3) is 16.6 Å². The van der Waals surface area contributed by atoms with Crippen LogP contribution >= 0.6 is 15.9 Å². The van der Waals surface area contributed by atoms with E-state index in [0.717, 1.165) is 33.5 Å². The second kappa shape index (κ2) is 12.4. The summed E-state index contributed by atoms with van der Waals surface area (Å²) in [7, 11) is 0. The minimum absolute atomic E-state index is 0.000121. The maximum Gasteiger partial charge on any atom is 0.282 e. The molecule has 1 amide bonds. The lowest BCUT2D eigenvalue weighted by Crippen LogP contribution is -2.42. The van der Waals surface area contributed by atoms with Crippen LogP contribution < -0.4 is 10.3 Å². The molecule has 1 saturated heterocycles. The summed E-state index contributed by atoms with van der Waals surface area (Å²) in [5.74, 6) is 1.29. The van der Waals surface area contributed by atoms with E-state index in [4.69, 9.17) is 14.5 Å². The van der Waals surface area contributed by atoms with Crippen LogP contribution in [0.15, 0.2) is 62.9 Å². The van der Waals surface area contributed by atoms with Crippen LogP contribution in [0, 0.1) is 13.8 Å². The van der Waals surface area contributed by atoms with E-state index in [1.165, 1.54) is 4.68 Å². The molecule has 0 unspecified atom stereocenters. The van der Waals surface area contributed by atoms with E-state index in [1.54, 1.807) is 17.2 Å². The van der Waals surface area contributed by atoms with Crippen LogP contribution in [0.3, 0.4) is 0 Å². The molecule has 1 fully saturated rings. The molecular weight excluding hydrogens is 586 g/mol. The van der Waals surface area contributed by atoms with Gasteiger partial charge in [0.2, 0.25) is 0 Å². The number of carbonyl (C=O) groups excluding carboxylic acids is 1. The topological polar surface area (TPSA) is 90.9 Å². The monoisotopic (exact) mass is 619 g/mol. The van der Waals surface area contributed by atoms with Gasteiger partial charge in [-0.1, -0.05) is 29.8 Å². The van der Waals surface area contributed by atoms with E-state index < -0.39 is 0 Å². The molecule has 0 aliphatic carbocycles. The van der Waals surface area contributed by atoms with Gasteiger partial charge in [-0.2, -0.15) is 9.78 Å². The van der Waals surface area contributed by atoms with Gasteiger partial charge in [0.15, 0.2) is 6.61 Å². The van der Waals surface area contributed by atoms with Crippen molar-refractivity contribution in [2.45, 2.75) is 40.0 Å². The zero-order valence-corrected chi connectivity index (χ0v) is 25.3. The fourth-order valence-corrected chi connectivity index (χ4v) is 5.32. The van der Waals surface area contributed by atoms with Gasteiger partial charge in [0.1, 0.15) is 11.6 Å². The lowest BCUT2D eigenvalue weighted by atomic mass is 10.1. The summed E-state index contributed by atoms with van der Waals surface area (Å²) < 4.78 is 15.4. The number of nitrogens with zero attached hydrogens (tertiary/aromatic N) is 5. The maximum atomic E-state index is 13.5. The van der Waals surface area contributed by atoms with Gasteiger partial charge in [-0.05, 0) is 68.8 Å². The summed E-state index contributed by atoms with van der Waals surface area (Å²) in [6.07, 6.45) is 2.56. The van der Waals surface area contributed by atoms with Crippen LogP contribution in [-0.4, -0.2) is 64.2 Å². The lowest BCUT2D eigenvalue weighted by molar-refractivity contribution is -0.137. The third-order valence-corrected chi connectivity index (χ3v) is 7.98. The normalized spacial score (nSPS) is 14.6. The zero-order valence-electron chi connectivity index (χ0n) is 23.8. The van der Waals surface area contributed by atoms with Gasteiger partial charge >= 0.3 is 0 Å². The molecule has 2 aromatic carbocycles. The number of aromatic nitrogens is 3. The molecule has 0 N–H and O–H groups in total. The molecule has 1 aliphatic rings. The molecule has 0 bridgehead atoms. The van der Waals surface area contributed by atoms with Gasteiger partial charge in [0.25, 0.3) is 11.5 Å². The number of rotatable bonds is 8. The first kappa shape index (κ1) is 28.8. The fraction of sp³-hybridized carbons (Fsp3) is 0.355. The first-order valence-electron chi connectivity index (χ1n) is 13.8. The molecule has 214 valence electrons. The number of aryl methyl sites for hydroxylation is 1. The van der Waals surface area contributed by atoms with Gasteiger partial charge in [-0.25, -0.2) is 4.98 Å². The Hall–Kier alpha value is -3.76. The molecule has 5 rings (SSSR count). The molecule has 3 heterocycles. The predicted octanol–water partition coefficient (Wildman–Crippen LogP) is 5.20. The SMILES string of the molecule is CC[C@@H](C)c1nc2ccc(Br)cc2c(=O)n1N=Cc1cc(C)n(-c2ccc(OCC(=O)N3CCOCC3)cc2)c1C. The quantitative estimate of drug-likeness (QED) is 0.253. The van der Waals surface area contributed by atoms with Gasteiger partial charge in [-0.3, -0.25) is 9.59 Å². The first-order chi connectivity index (χ1) is 19.8. The highest BCUT2D eigenvalue weighted by Crippen LogP contribution is 2.24. The van der Waals surface area contributed by atoms with Crippen molar-refractivity contribution in [1.82, 2.24) is 19.1 Å². The molecule has 2 aromatic heterocycles. The van der Waals surface area contributed by atoms with Crippen molar-refractivity contribution in [2.24, 2.45) is 5.10 Å². The number of ether oxygens (including phenoxy) is 2. The Balaban J connectivity index is 1.38.